The van der Waals surface area contributed by atoms with Gasteiger partial charge in [-0.1, -0.05) is 0 Å². The van der Waals surface area contributed by atoms with Crippen LogP contribution in [0.5, 0.6) is 0 Å². The lowest BCUT2D eigenvalue weighted by molar-refractivity contribution is 0.0685. The molecule has 0 aliphatic heterocycles. The second-order valence-corrected chi connectivity index (χ2v) is 5.11. The zero-order valence-electron chi connectivity index (χ0n) is 10.9. The molecule has 0 aromatic heterocycles. The van der Waals surface area contributed by atoms with Crippen LogP contribution in [-0.2, 0) is 0 Å². The molecule has 5 heteroatoms. The van der Waals surface area contributed by atoms with Crippen LogP contribution < -0.4 is 5.73 Å². The third kappa shape index (κ3) is 3.10. The minimum absolute atomic E-state index is 0.0803. The SMILES string of the molecule is CN(C(=O)c1ccc(F)cc1F)C1CCC(N)CC1. The van der Waals surface area contributed by atoms with E-state index >= 15 is 0 Å². The molecular formula is C14H18F2N2O. The Morgan fingerprint density at radius 3 is 2.47 bits per heavy atom. The lowest BCUT2D eigenvalue weighted by Gasteiger charge is -2.33. The van der Waals surface area contributed by atoms with Gasteiger partial charge in [0.2, 0.25) is 0 Å². The van der Waals surface area contributed by atoms with Crippen LogP contribution in [0.4, 0.5) is 8.78 Å². The van der Waals surface area contributed by atoms with Gasteiger partial charge in [-0.25, -0.2) is 8.78 Å². The molecule has 19 heavy (non-hydrogen) atoms. The predicted molar refractivity (Wildman–Crippen MR) is 68.7 cm³/mol. The van der Waals surface area contributed by atoms with Gasteiger partial charge in [0.05, 0.1) is 5.56 Å². The first-order valence-corrected chi connectivity index (χ1v) is 6.47. The lowest BCUT2D eigenvalue weighted by Crippen LogP contribution is -2.42. The van der Waals surface area contributed by atoms with E-state index in [0.717, 1.165) is 37.8 Å². The third-order valence-corrected chi connectivity index (χ3v) is 3.77. The summed E-state index contributed by atoms with van der Waals surface area (Å²) in [6.45, 7) is 0. The van der Waals surface area contributed by atoms with Crippen LogP contribution in [-0.4, -0.2) is 29.9 Å². The number of halogens is 2. The molecule has 3 nitrogen and oxygen atoms in total. The summed E-state index contributed by atoms with van der Waals surface area (Å²) in [5, 5.41) is 0. The highest BCUT2D eigenvalue weighted by Gasteiger charge is 2.26. The Kier molecular flexibility index (Phi) is 4.14. The predicted octanol–water partition coefficient (Wildman–Crippen LogP) is 2.31. The fraction of sp³-hybridized carbons (Fsp3) is 0.500. The summed E-state index contributed by atoms with van der Waals surface area (Å²) < 4.78 is 26.4. The number of hydrogen-bond donors (Lipinski definition) is 1. The van der Waals surface area contributed by atoms with Gasteiger partial charge in [-0.05, 0) is 37.8 Å². The standard InChI is InChI=1S/C14H18F2N2O/c1-18(11-5-3-10(17)4-6-11)14(19)12-7-2-9(15)8-13(12)16/h2,7-8,10-11H,3-6,17H2,1H3. The molecule has 1 fully saturated rings. The summed E-state index contributed by atoms with van der Waals surface area (Å²) in [7, 11) is 1.66. The molecule has 0 atom stereocenters. The van der Waals surface area contributed by atoms with Crippen LogP contribution in [0.15, 0.2) is 18.2 Å². The highest BCUT2D eigenvalue weighted by Crippen LogP contribution is 2.23. The molecule has 0 spiro atoms. The van der Waals surface area contributed by atoms with Crippen LogP contribution in [0.3, 0.4) is 0 Å². The average Bonchev–Trinajstić information content (AvgIpc) is 2.38. The van der Waals surface area contributed by atoms with Crippen molar-refractivity contribution in [2.24, 2.45) is 5.73 Å². The Morgan fingerprint density at radius 2 is 1.89 bits per heavy atom. The summed E-state index contributed by atoms with van der Waals surface area (Å²) >= 11 is 0. The van der Waals surface area contributed by atoms with Gasteiger partial charge >= 0.3 is 0 Å². The number of carbonyl (C=O) groups excluding carboxylic acids is 1. The molecule has 1 aliphatic carbocycles. The summed E-state index contributed by atoms with van der Waals surface area (Å²) in [5.74, 6) is -1.90. The van der Waals surface area contributed by atoms with Gasteiger partial charge in [0.25, 0.3) is 5.91 Å². The molecule has 1 aliphatic rings. The first kappa shape index (κ1) is 13.9. The number of benzene rings is 1. The zero-order valence-corrected chi connectivity index (χ0v) is 10.9. The Balaban J connectivity index is 2.10. The van der Waals surface area contributed by atoms with E-state index < -0.39 is 17.5 Å². The van der Waals surface area contributed by atoms with E-state index in [0.29, 0.717) is 0 Å². The van der Waals surface area contributed by atoms with E-state index in [-0.39, 0.29) is 17.6 Å². The van der Waals surface area contributed by atoms with Crippen LogP contribution >= 0.6 is 0 Å². The number of nitrogens with zero attached hydrogens (tertiary/aromatic N) is 1. The third-order valence-electron chi connectivity index (χ3n) is 3.77. The molecule has 104 valence electrons. The highest BCUT2D eigenvalue weighted by molar-refractivity contribution is 5.94. The Hall–Kier alpha value is -1.49. The Morgan fingerprint density at radius 1 is 1.26 bits per heavy atom. The van der Waals surface area contributed by atoms with E-state index in [1.165, 1.54) is 6.07 Å². The van der Waals surface area contributed by atoms with Crippen molar-refractivity contribution in [1.29, 1.82) is 0 Å². The van der Waals surface area contributed by atoms with E-state index in [1.807, 2.05) is 0 Å². The first-order chi connectivity index (χ1) is 8.99. The van der Waals surface area contributed by atoms with Gasteiger partial charge in [0, 0.05) is 25.2 Å². The lowest BCUT2D eigenvalue weighted by atomic mass is 9.90. The maximum absolute atomic E-state index is 13.6. The first-order valence-electron chi connectivity index (χ1n) is 6.47. The van der Waals surface area contributed by atoms with Crippen molar-refractivity contribution in [2.45, 2.75) is 37.8 Å². The smallest absolute Gasteiger partial charge is 0.256 e. The quantitative estimate of drug-likeness (QED) is 0.894. The molecule has 1 saturated carbocycles. The summed E-state index contributed by atoms with van der Waals surface area (Å²) in [5.41, 5.74) is 5.74. The molecule has 1 aromatic carbocycles. The second kappa shape index (κ2) is 5.65. The van der Waals surface area contributed by atoms with Crippen molar-refractivity contribution >= 4 is 5.91 Å². The van der Waals surface area contributed by atoms with Crippen molar-refractivity contribution in [1.82, 2.24) is 4.90 Å². The zero-order chi connectivity index (χ0) is 14.0. The monoisotopic (exact) mass is 268 g/mol. The largest absolute Gasteiger partial charge is 0.339 e. The Bertz CT molecular complexity index is 471. The van der Waals surface area contributed by atoms with Gasteiger partial charge in [-0.2, -0.15) is 0 Å². The van der Waals surface area contributed by atoms with Crippen LogP contribution in [0, 0.1) is 11.6 Å². The Labute approximate surface area is 111 Å². The average molecular weight is 268 g/mol. The molecule has 0 bridgehead atoms. The summed E-state index contributed by atoms with van der Waals surface area (Å²) in [6.07, 6.45) is 3.39. The van der Waals surface area contributed by atoms with Crippen LogP contribution in [0.2, 0.25) is 0 Å². The van der Waals surface area contributed by atoms with Gasteiger partial charge < -0.3 is 10.6 Å². The van der Waals surface area contributed by atoms with E-state index in [1.54, 1.807) is 11.9 Å². The highest BCUT2D eigenvalue weighted by atomic mass is 19.1. The molecule has 2 N–H and O–H groups in total. The molecular weight excluding hydrogens is 250 g/mol. The van der Waals surface area contributed by atoms with Crippen molar-refractivity contribution in [3.05, 3.63) is 35.4 Å². The normalized spacial score (nSPS) is 23.2. The topological polar surface area (TPSA) is 46.3 Å². The van der Waals surface area contributed by atoms with E-state index in [2.05, 4.69) is 0 Å². The number of rotatable bonds is 2. The van der Waals surface area contributed by atoms with Crippen molar-refractivity contribution in [3.63, 3.8) is 0 Å². The maximum atomic E-state index is 13.6. The number of amides is 1. The molecule has 0 heterocycles. The molecule has 2 rings (SSSR count). The van der Waals surface area contributed by atoms with Crippen LogP contribution in [0.1, 0.15) is 36.0 Å². The van der Waals surface area contributed by atoms with Crippen molar-refractivity contribution < 1.29 is 13.6 Å². The van der Waals surface area contributed by atoms with Crippen molar-refractivity contribution in [2.75, 3.05) is 7.05 Å². The van der Waals surface area contributed by atoms with Gasteiger partial charge in [0.15, 0.2) is 0 Å². The minimum atomic E-state index is -0.815. The second-order valence-electron chi connectivity index (χ2n) is 5.11. The molecule has 0 radical (unpaired) electrons. The maximum Gasteiger partial charge on any atom is 0.256 e. The van der Waals surface area contributed by atoms with Gasteiger partial charge in [0.1, 0.15) is 11.6 Å². The van der Waals surface area contributed by atoms with Gasteiger partial charge in [-0.15, -0.1) is 0 Å². The minimum Gasteiger partial charge on any atom is -0.339 e. The molecule has 0 unspecified atom stereocenters. The van der Waals surface area contributed by atoms with Crippen LogP contribution in [0.25, 0.3) is 0 Å². The number of hydrogen-bond acceptors (Lipinski definition) is 2. The van der Waals surface area contributed by atoms with E-state index in [9.17, 15) is 13.6 Å². The number of nitrogens with two attached hydrogens (primary N) is 1. The van der Waals surface area contributed by atoms with Crippen molar-refractivity contribution in [3.8, 4) is 0 Å². The molecule has 1 amide bonds. The number of carbonyl (C=O) groups is 1. The molecule has 0 saturated heterocycles. The summed E-state index contributed by atoms with van der Waals surface area (Å²) in [6, 6.07) is 3.30. The molecule has 1 aromatic rings. The van der Waals surface area contributed by atoms with E-state index in [4.69, 9.17) is 5.73 Å². The van der Waals surface area contributed by atoms with Gasteiger partial charge in [-0.3, -0.25) is 4.79 Å². The summed E-state index contributed by atoms with van der Waals surface area (Å²) in [4.78, 5) is 13.7. The fourth-order valence-electron chi connectivity index (χ4n) is 2.51. The fourth-order valence-corrected chi connectivity index (χ4v) is 2.51.